The molecular weight excluding hydrogens is 385 g/mol. The SMILES string of the molecule is COc1ccc(Nc2nccc(NCC(O)c3ccc(C(F)(F)F)cc3)n2)cc1. The van der Waals surface area contributed by atoms with Gasteiger partial charge in [0.25, 0.3) is 0 Å². The maximum Gasteiger partial charge on any atom is 0.416 e. The number of aromatic nitrogens is 2. The number of benzene rings is 2. The van der Waals surface area contributed by atoms with Crippen molar-refractivity contribution >= 4 is 17.5 Å². The molecule has 1 atom stereocenters. The van der Waals surface area contributed by atoms with Gasteiger partial charge in [0.05, 0.1) is 18.8 Å². The average molecular weight is 404 g/mol. The molecule has 3 aromatic rings. The van der Waals surface area contributed by atoms with E-state index in [1.807, 2.05) is 12.1 Å². The molecular formula is C20H19F3N4O2. The summed E-state index contributed by atoms with van der Waals surface area (Å²) in [6.07, 6.45) is -3.85. The number of aliphatic hydroxyl groups is 1. The number of halogens is 3. The molecule has 0 saturated heterocycles. The van der Waals surface area contributed by atoms with Crippen LogP contribution in [-0.2, 0) is 6.18 Å². The normalized spacial score (nSPS) is 12.3. The zero-order chi connectivity index (χ0) is 20.9. The van der Waals surface area contributed by atoms with Gasteiger partial charge < -0.3 is 20.5 Å². The summed E-state index contributed by atoms with van der Waals surface area (Å²) in [4.78, 5) is 8.43. The molecule has 0 saturated carbocycles. The third-order valence-corrected chi connectivity index (χ3v) is 4.10. The summed E-state index contributed by atoms with van der Waals surface area (Å²) >= 11 is 0. The highest BCUT2D eigenvalue weighted by Crippen LogP contribution is 2.30. The Balaban J connectivity index is 1.59. The van der Waals surface area contributed by atoms with E-state index >= 15 is 0 Å². The van der Waals surface area contributed by atoms with E-state index in [0.29, 0.717) is 17.3 Å². The number of rotatable bonds is 7. The molecule has 2 aromatic carbocycles. The average Bonchev–Trinajstić information content (AvgIpc) is 2.72. The minimum atomic E-state index is -4.41. The molecule has 0 amide bonds. The van der Waals surface area contributed by atoms with Crippen molar-refractivity contribution in [1.29, 1.82) is 0 Å². The van der Waals surface area contributed by atoms with Crippen molar-refractivity contribution < 1.29 is 23.0 Å². The number of nitrogens with one attached hydrogen (secondary N) is 2. The first-order valence-electron chi connectivity index (χ1n) is 8.68. The third kappa shape index (κ3) is 5.58. The fraction of sp³-hybridized carbons (Fsp3) is 0.200. The fourth-order valence-electron chi connectivity index (χ4n) is 2.53. The second-order valence-corrected chi connectivity index (χ2v) is 6.14. The number of nitrogens with zero attached hydrogens (tertiary/aromatic N) is 2. The van der Waals surface area contributed by atoms with E-state index < -0.39 is 17.8 Å². The Morgan fingerprint density at radius 2 is 1.72 bits per heavy atom. The molecule has 0 aliphatic rings. The highest BCUT2D eigenvalue weighted by atomic mass is 19.4. The molecule has 3 N–H and O–H groups in total. The lowest BCUT2D eigenvalue weighted by Gasteiger charge is -2.14. The number of hydrogen-bond donors (Lipinski definition) is 3. The maximum atomic E-state index is 12.6. The van der Waals surface area contributed by atoms with Gasteiger partial charge >= 0.3 is 6.18 Å². The zero-order valence-corrected chi connectivity index (χ0v) is 15.4. The van der Waals surface area contributed by atoms with Crippen LogP contribution in [0, 0.1) is 0 Å². The number of methoxy groups -OCH3 is 1. The largest absolute Gasteiger partial charge is 0.497 e. The Labute approximate surface area is 165 Å². The molecule has 9 heteroatoms. The molecule has 0 bridgehead atoms. The first-order chi connectivity index (χ1) is 13.8. The number of ether oxygens (including phenoxy) is 1. The van der Waals surface area contributed by atoms with Crippen molar-refractivity contribution in [2.75, 3.05) is 24.3 Å². The second-order valence-electron chi connectivity index (χ2n) is 6.14. The molecule has 0 spiro atoms. The van der Waals surface area contributed by atoms with Gasteiger partial charge in [0.15, 0.2) is 0 Å². The molecule has 0 radical (unpaired) electrons. The number of hydrogen-bond acceptors (Lipinski definition) is 6. The molecule has 6 nitrogen and oxygen atoms in total. The predicted octanol–water partition coefficient (Wildman–Crippen LogP) is 4.39. The lowest BCUT2D eigenvalue weighted by atomic mass is 10.1. The zero-order valence-electron chi connectivity index (χ0n) is 15.4. The Bertz CT molecular complexity index is 932. The summed E-state index contributed by atoms with van der Waals surface area (Å²) in [6.45, 7) is 0.0738. The molecule has 1 unspecified atom stereocenters. The molecule has 1 heterocycles. The smallest absolute Gasteiger partial charge is 0.416 e. The summed E-state index contributed by atoms with van der Waals surface area (Å²) in [6, 6.07) is 13.2. The van der Waals surface area contributed by atoms with Crippen LogP contribution in [0.4, 0.5) is 30.6 Å². The van der Waals surface area contributed by atoms with Crippen molar-refractivity contribution in [3.8, 4) is 5.75 Å². The summed E-state index contributed by atoms with van der Waals surface area (Å²) < 4.78 is 43.0. The van der Waals surface area contributed by atoms with Crippen LogP contribution in [-0.4, -0.2) is 28.7 Å². The number of anilines is 3. The Morgan fingerprint density at radius 3 is 2.34 bits per heavy atom. The molecule has 29 heavy (non-hydrogen) atoms. The third-order valence-electron chi connectivity index (χ3n) is 4.10. The summed E-state index contributed by atoms with van der Waals surface area (Å²) in [5, 5.41) is 16.2. The molecule has 152 valence electrons. The highest BCUT2D eigenvalue weighted by molar-refractivity contribution is 5.55. The van der Waals surface area contributed by atoms with Crippen LogP contribution in [0.2, 0.25) is 0 Å². The Hall–Kier alpha value is -3.33. The quantitative estimate of drug-likeness (QED) is 0.542. The van der Waals surface area contributed by atoms with Crippen LogP contribution in [0.15, 0.2) is 60.8 Å². The maximum absolute atomic E-state index is 12.6. The van der Waals surface area contributed by atoms with E-state index in [2.05, 4.69) is 20.6 Å². The van der Waals surface area contributed by atoms with E-state index in [9.17, 15) is 18.3 Å². The van der Waals surface area contributed by atoms with Gasteiger partial charge in [-0.05, 0) is 48.0 Å². The fourth-order valence-corrected chi connectivity index (χ4v) is 2.53. The summed E-state index contributed by atoms with van der Waals surface area (Å²) in [5.41, 5.74) is 0.385. The molecule has 0 fully saturated rings. The molecule has 0 aliphatic carbocycles. The monoisotopic (exact) mass is 404 g/mol. The van der Waals surface area contributed by atoms with Gasteiger partial charge in [-0.25, -0.2) is 4.98 Å². The van der Waals surface area contributed by atoms with Gasteiger partial charge in [0.2, 0.25) is 5.95 Å². The summed E-state index contributed by atoms with van der Waals surface area (Å²) in [5.74, 6) is 1.54. The van der Waals surface area contributed by atoms with Gasteiger partial charge in [0.1, 0.15) is 11.6 Å². The van der Waals surface area contributed by atoms with Crippen LogP contribution in [0.5, 0.6) is 5.75 Å². The van der Waals surface area contributed by atoms with E-state index in [1.54, 1.807) is 31.5 Å². The topological polar surface area (TPSA) is 79.3 Å². The first kappa shape index (κ1) is 20.4. The van der Waals surface area contributed by atoms with E-state index in [1.165, 1.54) is 12.1 Å². The van der Waals surface area contributed by atoms with Crippen LogP contribution >= 0.6 is 0 Å². The number of alkyl halides is 3. The summed E-state index contributed by atoms with van der Waals surface area (Å²) in [7, 11) is 1.58. The van der Waals surface area contributed by atoms with Gasteiger partial charge in [-0.3, -0.25) is 0 Å². The van der Waals surface area contributed by atoms with Crippen molar-refractivity contribution in [2.24, 2.45) is 0 Å². The molecule has 0 aliphatic heterocycles. The van der Waals surface area contributed by atoms with Crippen LogP contribution in [0.25, 0.3) is 0 Å². The van der Waals surface area contributed by atoms with Crippen LogP contribution < -0.4 is 15.4 Å². The minimum absolute atomic E-state index is 0.0738. The number of aliphatic hydroxyl groups excluding tert-OH is 1. The van der Waals surface area contributed by atoms with Crippen molar-refractivity contribution in [3.05, 3.63) is 71.9 Å². The van der Waals surface area contributed by atoms with Crippen molar-refractivity contribution in [1.82, 2.24) is 9.97 Å². The lowest BCUT2D eigenvalue weighted by Crippen LogP contribution is -2.14. The predicted molar refractivity (Wildman–Crippen MR) is 103 cm³/mol. The standard InChI is InChI=1S/C20H19F3N4O2/c1-29-16-8-6-15(7-9-16)26-19-24-11-10-18(27-19)25-12-17(28)13-2-4-14(5-3-13)20(21,22)23/h2-11,17,28H,12H2,1H3,(H2,24,25,26,27). The van der Waals surface area contributed by atoms with E-state index in [-0.39, 0.29) is 6.54 Å². The van der Waals surface area contributed by atoms with E-state index in [4.69, 9.17) is 4.74 Å². The van der Waals surface area contributed by atoms with Gasteiger partial charge in [-0.2, -0.15) is 18.2 Å². The van der Waals surface area contributed by atoms with Gasteiger partial charge in [0, 0.05) is 18.4 Å². The highest BCUT2D eigenvalue weighted by Gasteiger charge is 2.30. The lowest BCUT2D eigenvalue weighted by molar-refractivity contribution is -0.137. The van der Waals surface area contributed by atoms with Crippen molar-refractivity contribution in [2.45, 2.75) is 12.3 Å². The Kier molecular flexibility index (Phi) is 6.18. The first-order valence-corrected chi connectivity index (χ1v) is 8.68. The molecule has 1 aromatic heterocycles. The van der Waals surface area contributed by atoms with Gasteiger partial charge in [-0.15, -0.1) is 0 Å². The molecule has 3 rings (SSSR count). The van der Waals surface area contributed by atoms with Gasteiger partial charge in [-0.1, -0.05) is 12.1 Å². The second kappa shape index (κ2) is 8.78. The Morgan fingerprint density at radius 1 is 1.03 bits per heavy atom. The van der Waals surface area contributed by atoms with Crippen molar-refractivity contribution in [3.63, 3.8) is 0 Å². The van der Waals surface area contributed by atoms with Crippen LogP contribution in [0.1, 0.15) is 17.2 Å². The van der Waals surface area contributed by atoms with E-state index in [0.717, 1.165) is 23.6 Å². The minimum Gasteiger partial charge on any atom is -0.497 e. The van der Waals surface area contributed by atoms with Crippen LogP contribution in [0.3, 0.4) is 0 Å².